The fourth-order valence-corrected chi connectivity index (χ4v) is 13.7. The Morgan fingerprint density at radius 2 is 0.797 bits per heavy atom. The second-order valence-electron chi connectivity index (χ2n) is 22.6. The van der Waals surface area contributed by atoms with Gasteiger partial charge in [0.05, 0.1) is 13.0 Å². The molecule has 6 aromatic rings. The van der Waals surface area contributed by atoms with Crippen molar-refractivity contribution in [3.63, 3.8) is 0 Å². The molecule has 0 bridgehead atoms. The summed E-state index contributed by atoms with van der Waals surface area (Å²) in [6.45, 7) is 32.9. The molecule has 12 heteroatoms. The van der Waals surface area contributed by atoms with Gasteiger partial charge in [0.25, 0.3) is 0 Å². The zero-order chi connectivity index (χ0) is 54.2. The van der Waals surface area contributed by atoms with Crippen molar-refractivity contribution >= 4 is 60.6 Å². The average Bonchev–Trinajstić information content (AvgIpc) is 4.03. The first-order valence-corrected chi connectivity index (χ1v) is 29.7. The van der Waals surface area contributed by atoms with E-state index in [1.165, 1.54) is 11.1 Å². The third-order valence-corrected chi connectivity index (χ3v) is 18.3. The third kappa shape index (κ3) is 15.5. The van der Waals surface area contributed by atoms with Crippen LogP contribution in [-0.2, 0) is 66.4 Å². The van der Waals surface area contributed by atoms with Gasteiger partial charge in [-0.05, 0) is 125 Å². The first kappa shape index (κ1) is 58.1. The number of carbonyl (C=O) groups is 2. The van der Waals surface area contributed by atoms with E-state index in [1.54, 1.807) is 22.7 Å². The maximum Gasteiger partial charge on any atom is 0.336 e. The van der Waals surface area contributed by atoms with Gasteiger partial charge in [-0.3, -0.25) is 9.59 Å². The summed E-state index contributed by atoms with van der Waals surface area (Å²) in [5, 5.41) is 0. The zero-order valence-electron chi connectivity index (χ0n) is 46.2. The van der Waals surface area contributed by atoms with Crippen LogP contribution in [0.2, 0.25) is 0 Å². The minimum absolute atomic E-state index is 0.158. The maximum absolute atomic E-state index is 12.4. The number of terminal acetylenes is 1. The van der Waals surface area contributed by atoms with Crippen molar-refractivity contribution in [2.75, 3.05) is 6.61 Å². The van der Waals surface area contributed by atoms with Gasteiger partial charge in [0, 0.05) is 38.4 Å². The number of ether oxygens (including phenoxy) is 2. The monoisotopic (exact) mass is 1070 g/mol. The van der Waals surface area contributed by atoms with Gasteiger partial charge in [0.15, 0.2) is 0 Å². The number of esters is 2. The van der Waals surface area contributed by atoms with Gasteiger partial charge < -0.3 is 27.6 Å². The predicted molar refractivity (Wildman–Crippen MR) is 311 cm³/mol. The minimum atomic E-state index is -1.77. The Hall–Kier alpha value is -5.16. The van der Waals surface area contributed by atoms with Crippen molar-refractivity contribution in [1.29, 1.82) is 0 Å². The summed E-state index contributed by atoms with van der Waals surface area (Å²) < 4.78 is 40.6. The predicted octanol–water partition coefficient (Wildman–Crippen LogP) is 16.5. The second kappa shape index (κ2) is 24.7. The van der Waals surface area contributed by atoms with Crippen LogP contribution in [-0.4, -0.2) is 18.5 Å². The normalized spacial score (nSPS) is 12.5. The van der Waals surface area contributed by atoms with E-state index in [-0.39, 0.29) is 34.1 Å². The van der Waals surface area contributed by atoms with Crippen LogP contribution in [0.5, 0.6) is 23.0 Å². The number of aryl methyl sites for hydroxylation is 4. The van der Waals surface area contributed by atoms with Crippen molar-refractivity contribution in [3.8, 4) is 45.3 Å². The van der Waals surface area contributed by atoms with Gasteiger partial charge in [0.1, 0.15) is 38.3 Å². The molecule has 8 nitrogen and oxygen atoms in total. The van der Waals surface area contributed by atoms with E-state index >= 15 is 0 Å². The molecule has 0 spiro atoms. The molecule has 4 aromatic carbocycles. The van der Waals surface area contributed by atoms with Gasteiger partial charge in [-0.2, -0.15) is 0 Å². The van der Waals surface area contributed by atoms with Crippen molar-refractivity contribution in [2.45, 2.75) is 164 Å². The van der Waals surface area contributed by atoms with Crippen molar-refractivity contribution < 1.29 is 37.2 Å². The Labute approximate surface area is 452 Å². The highest BCUT2D eigenvalue weighted by atomic mass is 32.1. The van der Waals surface area contributed by atoms with Crippen LogP contribution in [0.15, 0.2) is 97.1 Å². The van der Waals surface area contributed by atoms with E-state index in [1.807, 2.05) is 37.3 Å². The van der Waals surface area contributed by atoms with Gasteiger partial charge in [-0.25, -0.2) is 0 Å². The molecule has 0 aliphatic heterocycles. The van der Waals surface area contributed by atoms with Crippen molar-refractivity contribution in [1.82, 2.24) is 0 Å². The molecule has 1 atom stereocenters. The van der Waals surface area contributed by atoms with Crippen molar-refractivity contribution in [2.24, 2.45) is 0 Å². The molecule has 2 aromatic heterocycles. The zero-order valence-corrected chi connectivity index (χ0v) is 49.7. The largest absolute Gasteiger partial charge is 0.466 e. The van der Waals surface area contributed by atoms with E-state index in [0.29, 0.717) is 37.4 Å². The number of carbonyl (C=O) groups excluding carboxylic acids is 2. The summed E-state index contributed by atoms with van der Waals surface area (Å²) in [4.78, 5) is 26.7. The standard InChI is InChI=1S/C62H76O8P2S2/c1-17-41-21-27-49(45(37-41)59(5,6)7)67-71(68-50-28-22-42(18-2)38-46(50)60(8,9)10)57-35-31-53(73-57)54-32-36-58(74-54)72(69-51-29-23-43(25-33-55(63)65-19-3)39-47(51)61(11,12)13)70-52-30-24-44(26-34-56(64)66-20-4)40-48(52)62(14,15)16/h3,21-24,27-32,35-40H,17-18,20,25-26,33-34H2,1-2,4-16H3. The molecular weight excluding hydrogens is 999 g/mol. The third-order valence-electron chi connectivity index (χ3n) is 12.4. The highest BCUT2D eigenvalue weighted by molar-refractivity contribution is 7.66. The molecule has 0 aliphatic rings. The Balaban J connectivity index is 1.43. The van der Waals surface area contributed by atoms with Crippen LogP contribution in [0.4, 0.5) is 0 Å². The molecule has 74 heavy (non-hydrogen) atoms. The Bertz CT molecular complexity index is 2870. The SMILES string of the molecule is C#COC(=O)CCc1ccc(OP(Oc2ccc(CCC(=O)OCC)cc2C(C)(C)C)c2ccc(-c3ccc(P(Oc4ccc(CC)cc4C(C)(C)C)Oc4ccc(CC)cc4C(C)(C)C)s3)s2)c(C(C)(C)C)c1. The van der Waals surface area contributed by atoms with Gasteiger partial charge in [0.2, 0.25) is 0 Å². The number of hydrogen-bond donors (Lipinski definition) is 0. The second-order valence-corrected chi connectivity index (χ2v) is 28.1. The molecule has 6 rings (SSSR count). The number of thiophene rings is 2. The van der Waals surface area contributed by atoms with E-state index < -0.39 is 22.7 Å². The summed E-state index contributed by atoms with van der Waals surface area (Å²) in [6, 6.07) is 33.9. The van der Waals surface area contributed by atoms with E-state index in [4.69, 9.17) is 34.0 Å². The average molecular weight is 1080 g/mol. The molecule has 0 amide bonds. The summed E-state index contributed by atoms with van der Waals surface area (Å²) >= 11 is 3.33. The Morgan fingerprint density at radius 1 is 0.473 bits per heavy atom. The first-order valence-electron chi connectivity index (χ1n) is 25.7. The highest BCUT2D eigenvalue weighted by Gasteiger charge is 2.32. The molecule has 0 fully saturated rings. The van der Waals surface area contributed by atoms with Crippen LogP contribution in [0.25, 0.3) is 9.75 Å². The molecule has 0 saturated heterocycles. The lowest BCUT2D eigenvalue weighted by molar-refractivity contribution is -0.143. The van der Waals surface area contributed by atoms with Crippen LogP contribution in [0.1, 0.15) is 161 Å². The summed E-state index contributed by atoms with van der Waals surface area (Å²) in [7, 11) is -3.41. The molecule has 2 heterocycles. The highest BCUT2D eigenvalue weighted by Crippen LogP contribution is 2.51. The molecule has 0 radical (unpaired) electrons. The van der Waals surface area contributed by atoms with E-state index in [0.717, 1.165) is 76.7 Å². The molecule has 394 valence electrons. The minimum Gasteiger partial charge on any atom is -0.466 e. The number of hydrogen-bond acceptors (Lipinski definition) is 10. The fourth-order valence-electron chi connectivity index (χ4n) is 8.26. The smallest absolute Gasteiger partial charge is 0.336 e. The number of benzene rings is 4. The van der Waals surface area contributed by atoms with Gasteiger partial charge in [-0.15, -0.1) is 22.7 Å². The summed E-state index contributed by atoms with van der Waals surface area (Å²) in [5.41, 5.74) is 7.85. The van der Waals surface area contributed by atoms with Gasteiger partial charge in [-0.1, -0.05) is 152 Å². The van der Waals surface area contributed by atoms with Gasteiger partial charge >= 0.3 is 28.7 Å². The molecular formula is C62H76O8P2S2. The van der Waals surface area contributed by atoms with Crippen LogP contribution >= 0.6 is 39.4 Å². The Morgan fingerprint density at radius 3 is 1.11 bits per heavy atom. The lowest BCUT2D eigenvalue weighted by Crippen LogP contribution is -2.17. The molecule has 1 unspecified atom stereocenters. The topological polar surface area (TPSA) is 89.5 Å². The fraction of sp³-hybridized carbons (Fsp3) is 0.419. The Kier molecular flexibility index (Phi) is 19.4. The summed E-state index contributed by atoms with van der Waals surface area (Å²) in [6.07, 6.45) is 10.5. The molecule has 0 aliphatic carbocycles. The molecule has 0 N–H and O–H groups in total. The van der Waals surface area contributed by atoms with E-state index in [9.17, 15) is 9.59 Å². The lowest BCUT2D eigenvalue weighted by Gasteiger charge is -2.28. The molecule has 0 saturated carbocycles. The number of rotatable bonds is 20. The van der Waals surface area contributed by atoms with Crippen LogP contribution < -0.4 is 27.3 Å². The summed E-state index contributed by atoms with van der Waals surface area (Å²) in [5.74, 6) is 2.39. The van der Waals surface area contributed by atoms with Crippen molar-refractivity contribution in [3.05, 3.63) is 142 Å². The lowest BCUT2D eigenvalue weighted by atomic mass is 9.85. The maximum atomic E-state index is 12.4. The van der Waals surface area contributed by atoms with Crippen LogP contribution in [0.3, 0.4) is 0 Å². The quantitative estimate of drug-likeness (QED) is 0.0424. The first-order chi connectivity index (χ1) is 34.8. The van der Waals surface area contributed by atoms with E-state index in [2.05, 4.69) is 170 Å². The van der Waals surface area contributed by atoms with Crippen LogP contribution in [0, 0.1) is 12.5 Å².